The molecule has 0 radical (unpaired) electrons. The van der Waals surface area contributed by atoms with E-state index in [-0.39, 0.29) is 5.56 Å². The lowest BCUT2D eigenvalue weighted by Crippen LogP contribution is -2.24. The second kappa shape index (κ2) is 5.72. The van der Waals surface area contributed by atoms with Crippen LogP contribution in [0.15, 0.2) is 11.0 Å². The number of aromatic amines is 1. The molecule has 0 amide bonds. The zero-order valence-corrected chi connectivity index (χ0v) is 12.4. The van der Waals surface area contributed by atoms with E-state index < -0.39 is 0 Å². The van der Waals surface area contributed by atoms with Gasteiger partial charge >= 0.3 is 0 Å². The van der Waals surface area contributed by atoms with Gasteiger partial charge in [-0.25, -0.2) is 0 Å². The lowest BCUT2D eigenvalue weighted by Gasteiger charge is -2.22. The Morgan fingerprint density at radius 2 is 2.19 bits per heavy atom. The summed E-state index contributed by atoms with van der Waals surface area (Å²) in [6.45, 7) is 2.00. The summed E-state index contributed by atoms with van der Waals surface area (Å²) in [7, 11) is 0. The number of fused-ring (bicyclic) bond motifs is 1. The van der Waals surface area contributed by atoms with Crippen LogP contribution in [0.1, 0.15) is 55.8 Å². The van der Waals surface area contributed by atoms with Crippen LogP contribution in [0, 0.1) is 17.2 Å². The molecule has 0 saturated heterocycles. The molecular weight excluding hydrogens is 264 g/mol. The number of hydrogen-bond acceptors (Lipinski definition) is 3. The zero-order chi connectivity index (χ0) is 14.8. The van der Waals surface area contributed by atoms with E-state index in [1.54, 1.807) is 0 Å². The lowest BCUT2D eigenvalue weighted by molar-refractivity contribution is 0.353. The van der Waals surface area contributed by atoms with E-state index in [0.717, 1.165) is 17.7 Å². The second-order valence-electron chi connectivity index (χ2n) is 5.88. The van der Waals surface area contributed by atoms with Crippen molar-refractivity contribution in [3.63, 3.8) is 0 Å². The topological polar surface area (TPSA) is 73.9 Å². The molecule has 0 aromatic carbocycles. The molecule has 5 heteroatoms. The highest BCUT2D eigenvalue weighted by Crippen LogP contribution is 2.27. The molecule has 0 aliphatic heterocycles. The monoisotopic (exact) mass is 284 g/mol. The Morgan fingerprint density at radius 1 is 1.43 bits per heavy atom. The molecule has 1 saturated carbocycles. The number of nitrogens with zero attached hydrogens (tertiary/aromatic N) is 3. The minimum absolute atomic E-state index is 0.0847. The first-order chi connectivity index (χ1) is 10.2. The molecule has 5 nitrogen and oxygen atoms in total. The average molecular weight is 284 g/mol. The molecule has 21 heavy (non-hydrogen) atoms. The van der Waals surface area contributed by atoms with Crippen molar-refractivity contribution in [2.24, 2.45) is 5.92 Å². The van der Waals surface area contributed by atoms with Crippen molar-refractivity contribution in [3.05, 3.63) is 33.4 Å². The van der Waals surface area contributed by atoms with Gasteiger partial charge in [0.05, 0.1) is 6.20 Å². The molecule has 110 valence electrons. The van der Waals surface area contributed by atoms with Crippen LogP contribution < -0.4 is 5.56 Å². The quantitative estimate of drug-likeness (QED) is 0.941. The summed E-state index contributed by atoms with van der Waals surface area (Å²) in [5, 5.41) is 13.2. The first-order valence-corrected chi connectivity index (χ1v) is 7.76. The molecule has 2 aromatic heterocycles. The lowest BCUT2D eigenvalue weighted by atomic mass is 9.85. The van der Waals surface area contributed by atoms with E-state index in [9.17, 15) is 4.79 Å². The first-order valence-electron chi connectivity index (χ1n) is 7.76. The number of nitriles is 1. The molecule has 1 aliphatic carbocycles. The van der Waals surface area contributed by atoms with Crippen molar-refractivity contribution in [1.29, 1.82) is 5.26 Å². The summed E-state index contributed by atoms with van der Waals surface area (Å²) in [6, 6.07) is 2.09. The highest BCUT2D eigenvalue weighted by molar-refractivity contribution is 5.54. The Kier molecular flexibility index (Phi) is 3.78. The fraction of sp³-hybridized carbons (Fsp3) is 0.562. The normalized spacial score (nSPS) is 16.2. The molecule has 1 fully saturated rings. The van der Waals surface area contributed by atoms with E-state index in [1.807, 2.05) is 6.92 Å². The fourth-order valence-corrected chi connectivity index (χ4v) is 3.40. The van der Waals surface area contributed by atoms with Gasteiger partial charge in [0.15, 0.2) is 5.65 Å². The molecule has 0 atom stereocenters. The molecule has 2 heterocycles. The summed E-state index contributed by atoms with van der Waals surface area (Å²) in [5.41, 5.74) is 2.68. The van der Waals surface area contributed by atoms with Crippen LogP contribution in [0.5, 0.6) is 0 Å². The van der Waals surface area contributed by atoms with Gasteiger partial charge in [0.25, 0.3) is 5.56 Å². The summed E-state index contributed by atoms with van der Waals surface area (Å²) >= 11 is 0. The van der Waals surface area contributed by atoms with E-state index >= 15 is 0 Å². The molecule has 1 aliphatic rings. The largest absolute Gasteiger partial charge is 0.342 e. The predicted molar refractivity (Wildman–Crippen MR) is 80.2 cm³/mol. The highest BCUT2D eigenvalue weighted by atomic mass is 16.1. The van der Waals surface area contributed by atoms with Crippen LogP contribution in [0.25, 0.3) is 5.65 Å². The van der Waals surface area contributed by atoms with Crippen molar-refractivity contribution >= 4 is 5.65 Å². The van der Waals surface area contributed by atoms with Crippen LogP contribution >= 0.6 is 0 Å². The van der Waals surface area contributed by atoms with E-state index in [4.69, 9.17) is 5.26 Å². The predicted octanol–water partition coefficient (Wildman–Crippen LogP) is 2.58. The Hall–Kier alpha value is -2.09. The van der Waals surface area contributed by atoms with Crippen LogP contribution in [-0.4, -0.2) is 14.6 Å². The van der Waals surface area contributed by atoms with Gasteiger partial charge < -0.3 is 4.98 Å². The Morgan fingerprint density at radius 3 is 2.86 bits per heavy atom. The van der Waals surface area contributed by atoms with Crippen LogP contribution in [0.3, 0.4) is 0 Å². The van der Waals surface area contributed by atoms with Crippen LogP contribution in [-0.2, 0) is 12.8 Å². The minimum Gasteiger partial charge on any atom is -0.342 e. The second-order valence-corrected chi connectivity index (χ2v) is 5.88. The van der Waals surface area contributed by atoms with Gasteiger partial charge in [-0.05, 0) is 18.8 Å². The zero-order valence-electron chi connectivity index (χ0n) is 12.4. The minimum atomic E-state index is -0.0847. The summed E-state index contributed by atoms with van der Waals surface area (Å²) in [4.78, 5) is 15.8. The Labute approximate surface area is 123 Å². The Bertz CT molecular complexity index is 744. The van der Waals surface area contributed by atoms with Crippen molar-refractivity contribution < 1.29 is 0 Å². The molecular formula is C16H20N4O. The maximum Gasteiger partial charge on any atom is 0.277 e. The third kappa shape index (κ3) is 2.46. The number of hydrogen-bond donors (Lipinski definition) is 1. The molecule has 2 aromatic rings. The molecule has 0 spiro atoms. The van der Waals surface area contributed by atoms with Crippen LogP contribution in [0.2, 0.25) is 0 Å². The Balaban J connectivity index is 2.07. The van der Waals surface area contributed by atoms with Crippen molar-refractivity contribution in [2.75, 3.05) is 0 Å². The van der Waals surface area contributed by atoms with Crippen molar-refractivity contribution in [2.45, 2.75) is 51.9 Å². The van der Waals surface area contributed by atoms with Crippen molar-refractivity contribution in [1.82, 2.24) is 14.6 Å². The van der Waals surface area contributed by atoms with Crippen LogP contribution in [0.4, 0.5) is 0 Å². The van der Waals surface area contributed by atoms with Gasteiger partial charge in [0.2, 0.25) is 0 Å². The van der Waals surface area contributed by atoms with E-state index in [1.165, 1.54) is 42.8 Å². The highest BCUT2D eigenvalue weighted by Gasteiger charge is 2.19. The average Bonchev–Trinajstić information content (AvgIpc) is 2.92. The van der Waals surface area contributed by atoms with Gasteiger partial charge in [-0.15, -0.1) is 0 Å². The third-order valence-electron chi connectivity index (χ3n) is 4.54. The number of nitrogens with one attached hydrogen (secondary N) is 1. The molecule has 3 rings (SSSR count). The summed E-state index contributed by atoms with van der Waals surface area (Å²) < 4.78 is 1.32. The van der Waals surface area contributed by atoms with Gasteiger partial charge in [-0.2, -0.15) is 14.9 Å². The number of rotatable bonds is 3. The maximum absolute atomic E-state index is 12.5. The summed E-state index contributed by atoms with van der Waals surface area (Å²) in [5.74, 6) is 0.649. The third-order valence-corrected chi connectivity index (χ3v) is 4.54. The first kappa shape index (κ1) is 13.9. The SMILES string of the molecule is CCc1c(CC2CCCCC2)[nH]c2c(C#N)cnn2c1=O. The smallest absolute Gasteiger partial charge is 0.277 e. The van der Waals surface area contributed by atoms with Gasteiger partial charge in [0.1, 0.15) is 11.6 Å². The van der Waals surface area contributed by atoms with Gasteiger partial charge in [-0.1, -0.05) is 39.0 Å². The maximum atomic E-state index is 12.5. The number of aromatic nitrogens is 3. The van der Waals surface area contributed by atoms with E-state index in [2.05, 4.69) is 16.2 Å². The molecule has 0 bridgehead atoms. The summed E-state index contributed by atoms with van der Waals surface area (Å²) in [6.07, 6.45) is 9.43. The van der Waals surface area contributed by atoms with Gasteiger partial charge in [0, 0.05) is 11.3 Å². The van der Waals surface area contributed by atoms with E-state index in [0.29, 0.717) is 23.5 Å². The molecule has 1 N–H and O–H groups in total. The van der Waals surface area contributed by atoms with Gasteiger partial charge in [-0.3, -0.25) is 4.79 Å². The van der Waals surface area contributed by atoms with Crippen molar-refractivity contribution in [3.8, 4) is 6.07 Å². The molecule has 0 unspecified atom stereocenters. The number of H-pyrrole nitrogens is 1. The standard InChI is InChI=1S/C16H20N4O/c1-2-13-14(8-11-6-4-3-5-7-11)19-15-12(9-17)10-18-20(15)16(13)21/h10-11,19H,2-8H2,1H3. The fourth-order valence-electron chi connectivity index (χ4n) is 3.40.